The molecule has 0 bridgehead atoms. The van der Waals surface area contributed by atoms with Crippen LogP contribution < -0.4 is 5.32 Å². The fourth-order valence-corrected chi connectivity index (χ4v) is 1.74. The fraction of sp³-hybridized carbons (Fsp3) is 0.364. The lowest BCUT2D eigenvalue weighted by atomic mass is 10.1. The predicted octanol–water partition coefficient (Wildman–Crippen LogP) is 2.99. The Morgan fingerprint density at radius 2 is 1.89 bits per heavy atom. The summed E-state index contributed by atoms with van der Waals surface area (Å²) in [6.45, 7) is 1.65. The summed E-state index contributed by atoms with van der Waals surface area (Å²) in [6.07, 6.45) is -5.12. The maximum absolute atomic E-state index is 13.5. The Morgan fingerprint density at radius 3 is 2.37 bits per heavy atom. The second-order valence-corrected chi connectivity index (χ2v) is 5.22. The number of hydrogen-bond donors (Lipinski definition) is 2. The number of benzene rings is 1. The molecule has 1 aromatic carbocycles. The van der Waals surface area contributed by atoms with E-state index in [4.69, 9.17) is 5.11 Å². The second kappa shape index (κ2) is 5.23. The summed E-state index contributed by atoms with van der Waals surface area (Å²) in [5.41, 5.74) is -3.66. The van der Waals surface area contributed by atoms with E-state index in [2.05, 4.69) is 0 Å². The average molecular weight is 391 g/mol. The lowest BCUT2D eigenvalue weighted by Gasteiger charge is -2.25. The SMILES string of the molecule is Cc1c(NC(=O)[C@@](C)(O)C(F)(F)F)ccc(I)c1F. The van der Waals surface area contributed by atoms with Gasteiger partial charge >= 0.3 is 6.18 Å². The van der Waals surface area contributed by atoms with Crippen molar-refractivity contribution in [2.45, 2.75) is 25.6 Å². The van der Waals surface area contributed by atoms with Crippen molar-refractivity contribution in [3.63, 3.8) is 0 Å². The van der Waals surface area contributed by atoms with Crippen LogP contribution in [0.5, 0.6) is 0 Å². The lowest BCUT2D eigenvalue weighted by molar-refractivity contribution is -0.242. The fourth-order valence-electron chi connectivity index (χ4n) is 1.16. The van der Waals surface area contributed by atoms with E-state index >= 15 is 0 Å². The molecule has 0 aromatic heterocycles. The summed E-state index contributed by atoms with van der Waals surface area (Å²) in [6, 6.07) is 2.57. The molecule has 0 aliphatic carbocycles. The number of rotatable bonds is 2. The number of carbonyl (C=O) groups excluding carboxylic acids is 1. The highest BCUT2D eigenvalue weighted by Crippen LogP contribution is 2.32. The predicted molar refractivity (Wildman–Crippen MR) is 69.2 cm³/mol. The molecule has 1 rings (SSSR count). The minimum absolute atomic E-state index is 0.00164. The quantitative estimate of drug-likeness (QED) is 0.602. The molecule has 1 atom stereocenters. The normalized spacial score (nSPS) is 14.9. The summed E-state index contributed by atoms with van der Waals surface area (Å²) in [5.74, 6) is -2.30. The molecule has 1 aromatic rings. The molecule has 19 heavy (non-hydrogen) atoms. The number of halogens is 5. The van der Waals surface area contributed by atoms with E-state index in [0.29, 0.717) is 6.92 Å². The first kappa shape index (κ1) is 16.2. The monoisotopic (exact) mass is 391 g/mol. The molecule has 8 heteroatoms. The molecule has 0 radical (unpaired) electrons. The number of hydrogen-bond acceptors (Lipinski definition) is 2. The number of alkyl halides is 3. The summed E-state index contributed by atoms with van der Waals surface area (Å²) >= 11 is 1.71. The van der Waals surface area contributed by atoms with Crippen LogP contribution >= 0.6 is 22.6 Å². The van der Waals surface area contributed by atoms with Crippen molar-refractivity contribution in [2.75, 3.05) is 5.32 Å². The van der Waals surface area contributed by atoms with Crippen LogP contribution in [0.2, 0.25) is 0 Å². The number of amides is 1. The molecule has 0 fully saturated rings. The second-order valence-electron chi connectivity index (χ2n) is 4.06. The molecule has 0 spiro atoms. The number of aliphatic hydroxyl groups is 1. The van der Waals surface area contributed by atoms with E-state index < -0.39 is 23.5 Å². The van der Waals surface area contributed by atoms with Gasteiger partial charge in [0, 0.05) is 14.8 Å². The zero-order chi connectivity index (χ0) is 15.0. The zero-order valence-electron chi connectivity index (χ0n) is 9.90. The topological polar surface area (TPSA) is 49.3 Å². The molecule has 1 amide bonds. The van der Waals surface area contributed by atoms with Gasteiger partial charge in [-0.1, -0.05) is 0 Å². The molecule has 0 heterocycles. The van der Waals surface area contributed by atoms with E-state index in [0.717, 1.165) is 0 Å². The van der Waals surface area contributed by atoms with Crippen LogP contribution in [-0.4, -0.2) is 22.8 Å². The molecule has 0 saturated heterocycles. The third-order valence-electron chi connectivity index (χ3n) is 2.58. The molecule has 106 valence electrons. The van der Waals surface area contributed by atoms with Crippen molar-refractivity contribution in [3.05, 3.63) is 27.1 Å². The molecular weight excluding hydrogens is 381 g/mol. The van der Waals surface area contributed by atoms with Crippen molar-refractivity contribution in [1.29, 1.82) is 0 Å². The molecular formula is C11H10F4INO2. The summed E-state index contributed by atoms with van der Waals surface area (Å²) in [4.78, 5) is 11.4. The van der Waals surface area contributed by atoms with E-state index in [1.807, 2.05) is 5.32 Å². The van der Waals surface area contributed by atoms with Gasteiger partial charge in [-0.05, 0) is 48.6 Å². The first-order valence-electron chi connectivity index (χ1n) is 5.03. The van der Waals surface area contributed by atoms with Gasteiger partial charge in [0.15, 0.2) is 0 Å². The number of carbonyl (C=O) groups is 1. The van der Waals surface area contributed by atoms with Crippen molar-refractivity contribution < 1.29 is 27.5 Å². The van der Waals surface area contributed by atoms with Crippen LogP contribution in [0.25, 0.3) is 0 Å². The van der Waals surface area contributed by atoms with Gasteiger partial charge in [0.1, 0.15) is 5.82 Å². The van der Waals surface area contributed by atoms with Gasteiger partial charge in [-0.3, -0.25) is 4.79 Å². The van der Waals surface area contributed by atoms with Gasteiger partial charge in [0.2, 0.25) is 5.60 Å². The third-order valence-corrected chi connectivity index (χ3v) is 3.41. The van der Waals surface area contributed by atoms with E-state index in [9.17, 15) is 22.4 Å². The highest BCUT2D eigenvalue weighted by molar-refractivity contribution is 14.1. The Hall–Kier alpha value is -0.900. The average Bonchev–Trinajstić information content (AvgIpc) is 2.28. The third kappa shape index (κ3) is 3.16. The minimum Gasteiger partial charge on any atom is -0.373 e. The number of nitrogens with one attached hydrogen (secondary N) is 1. The maximum atomic E-state index is 13.5. The first-order valence-corrected chi connectivity index (χ1v) is 6.11. The minimum atomic E-state index is -5.12. The highest BCUT2D eigenvalue weighted by Gasteiger charge is 2.55. The lowest BCUT2D eigenvalue weighted by Crippen LogP contribution is -2.52. The number of anilines is 1. The molecule has 2 N–H and O–H groups in total. The van der Waals surface area contributed by atoms with Gasteiger partial charge < -0.3 is 10.4 Å². The van der Waals surface area contributed by atoms with Gasteiger partial charge in [-0.25, -0.2) is 4.39 Å². The van der Waals surface area contributed by atoms with E-state index in [1.54, 1.807) is 22.6 Å². The molecule has 0 aliphatic heterocycles. The highest BCUT2D eigenvalue weighted by atomic mass is 127. The van der Waals surface area contributed by atoms with Crippen LogP contribution in [0.4, 0.5) is 23.2 Å². The van der Waals surface area contributed by atoms with Gasteiger partial charge in [0.05, 0.1) is 0 Å². The largest absolute Gasteiger partial charge is 0.426 e. The van der Waals surface area contributed by atoms with Gasteiger partial charge in [-0.15, -0.1) is 0 Å². The van der Waals surface area contributed by atoms with Crippen LogP contribution in [0.1, 0.15) is 12.5 Å². The Morgan fingerprint density at radius 1 is 1.37 bits per heavy atom. The van der Waals surface area contributed by atoms with Crippen molar-refractivity contribution in [1.82, 2.24) is 0 Å². The summed E-state index contributed by atoms with van der Waals surface area (Å²) in [5, 5.41) is 11.0. The molecule has 0 saturated carbocycles. The maximum Gasteiger partial charge on any atom is 0.426 e. The van der Waals surface area contributed by atoms with Crippen LogP contribution in [-0.2, 0) is 4.79 Å². The standard InChI is InChI=1S/C11H10F4INO2/c1-5-7(4-3-6(16)8(5)12)17-9(18)10(2,19)11(13,14)15/h3-4,19H,1-2H3,(H,17,18)/t10-/m1/s1. The van der Waals surface area contributed by atoms with Gasteiger partial charge in [0.25, 0.3) is 5.91 Å². The van der Waals surface area contributed by atoms with E-state index in [-0.39, 0.29) is 14.8 Å². The molecule has 3 nitrogen and oxygen atoms in total. The molecule has 0 unspecified atom stereocenters. The van der Waals surface area contributed by atoms with E-state index in [1.165, 1.54) is 19.1 Å². The van der Waals surface area contributed by atoms with Crippen molar-refractivity contribution in [2.24, 2.45) is 0 Å². The Balaban J connectivity index is 3.05. The van der Waals surface area contributed by atoms with Crippen molar-refractivity contribution >= 4 is 34.2 Å². The molecule has 0 aliphatic rings. The van der Waals surface area contributed by atoms with Crippen LogP contribution in [0.15, 0.2) is 12.1 Å². The van der Waals surface area contributed by atoms with Gasteiger partial charge in [-0.2, -0.15) is 13.2 Å². The smallest absolute Gasteiger partial charge is 0.373 e. The Labute approximate surface area is 120 Å². The zero-order valence-corrected chi connectivity index (χ0v) is 12.1. The van der Waals surface area contributed by atoms with Crippen LogP contribution in [0, 0.1) is 16.3 Å². The summed E-state index contributed by atoms with van der Waals surface area (Å²) in [7, 11) is 0. The first-order chi connectivity index (χ1) is 8.48. The van der Waals surface area contributed by atoms with Crippen molar-refractivity contribution in [3.8, 4) is 0 Å². The van der Waals surface area contributed by atoms with Crippen LogP contribution in [0.3, 0.4) is 0 Å². The summed E-state index contributed by atoms with van der Waals surface area (Å²) < 4.78 is 51.1. The Kier molecular flexibility index (Phi) is 4.45. The Bertz CT molecular complexity index is 514.